The SMILES string of the molecule is COC1=N[C@]2(CC[C@@H]2CO[Si](C)(C)C(C)(C)C)C(=O)O[C@]1(C)C(C)(C)C. The lowest BCUT2D eigenvalue weighted by Crippen LogP contribution is -2.65. The van der Waals surface area contributed by atoms with Crippen LogP contribution in [0.25, 0.3) is 0 Å². The summed E-state index contributed by atoms with van der Waals surface area (Å²) in [6.45, 7) is 19.7. The molecule has 1 saturated carbocycles. The molecule has 0 aromatic heterocycles. The van der Waals surface area contributed by atoms with Crippen LogP contribution in [0, 0.1) is 11.3 Å². The normalized spacial score (nSPS) is 32.8. The van der Waals surface area contributed by atoms with Crippen LogP contribution in [0.5, 0.6) is 0 Å². The number of ether oxygens (including phenoxy) is 2. The minimum Gasteiger partial charge on any atom is -0.481 e. The lowest BCUT2D eigenvalue weighted by atomic mass is 9.65. The van der Waals surface area contributed by atoms with Gasteiger partial charge in [-0.05, 0) is 37.9 Å². The van der Waals surface area contributed by atoms with Gasteiger partial charge < -0.3 is 13.9 Å². The summed E-state index contributed by atoms with van der Waals surface area (Å²) >= 11 is 0. The molecule has 0 bridgehead atoms. The Morgan fingerprint density at radius 2 is 1.81 bits per heavy atom. The van der Waals surface area contributed by atoms with Crippen LogP contribution in [0.2, 0.25) is 18.1 Å². The van der Waals surface area contributed by atoms with Gasteiger partial charge in [0.1, 0.15) is 0 Å². The van der Waals surface area contributed by atoms with Gasteiger partial charge in [-0.15, -0.1) is 0 Å². The van der Waals surface area contributed by atoms with E-state index in [0.29, 0.717) is 18.9 Å². The summed E-state index contributed by atoms with van der Waals surface area (Å²) in [6, 6.07) is 0. The maximum Gasteiger partial charge on any atom is 0.335 e. The fourth-order valence-corrected chi connectivity index (χ4v) is 4.20. The second kappa shape index (κ2) is 6.33. The van der Waals surface area contributed by atoms with E-state index in [1.807, 2.05) is 27.7 Å². The zero-order valence-electron chi connectivity index (χ0n) is 18.3. The van der Waals surface area contributed by atoms with Gasteiger partial charge in [0.2, 0.25) is 5.90 Å². The third kappa shape index (κ3) is 3.24. The van der Waals surface area contributed by atoms with Crippen LogP contribution in [-0.4, -0.2) is 45.0 Å². The number of carbonyl (C=O) groups excluding carboxylic acids is 1. The molecule has 26 heavy (non-hydrogen) atoms. The topological polar surface area (TPSA) is 57.1 Å². The third-order valence-corrected chi connectivity index (χ3v) is 11.5. The summed E-state index contributed by atoms with van der Waals surface area (Å²) in [5.41, 5.74) is -2.00. The van der Waals surface area contributed by atoms with Gasteiger partial charge >= 0.3 is 5.97 Å². The lowest BCUT2D eigenvalue weighted by Gasteiger charge is -2.52. The molecule has 0 aromatic carbocycles. The Morgan fingerprint density at radius 1 is 1.23 bits per heavy atom. The second-order valence-corrected chi connectivity index (χ2v) is 15.3. The van der Waals surface area contributed by atoms with Crippen molar-refractivity contribution in [1.29, 1.82) is 0 Å². The number of cyclic esters (lactones) is 1. The smallest absolute Gasteiger partial charge is 0.335 e. The zero-order chi connectivity index (χ0) is 20.2. The quantitative estimate of drug-likeness (QED) is 0.529. The predicted molar refractivity (Wildman–Crippen MR) is 107 cm³/mol. The van der Waals surface area contributed by atoms with E-state index in [9.17, 15) is 4.79 Å². The van der Waals surface area contributed by atoms with Gasteiger partial charge in [0.25, 0.3) is 0 Å². The minimum atomic E-state index is -1.87. The summed E-state index contributed by atoms with van der Waals surface area (Å²) < 4.78 is 18.0. The van der Waals surface area contributed by atoms with Crippen molar-refractivity contribution in [2.75, 3.05) is 13.7 Å². The molecule has 0 unspecified atom stereocenters. The number of hydrogen-bond donors (Lipinski definition) is 0. The van der Waals surface area contributed by atoms with E-state index in [0.717, 1.165) is 6.42 Å². The van der Waals surface area contributed by atoms with Crippen LogP contribution < -0.4 is 0 Å². The molecule has 2 rings (SSSR count). The summed E-state index contributed by atoms with van der Waals surface area (Å²) in [6.07, 6.45) is 1.63. The van der Waals surface area contributed by atoms with Crippen molar-refractivity contribution >= 4 is 20.2 Å². The number of carbonyl (C=O) groups is 1. The van der Waals surface area contributed by atoms with Crippen LogP contribution in [0.15, 0.2) is 4.99 Å². The molecule has 1 fully saturated rings. The van der Waals surface area contributed by atoms with E-state index >= 15 is 0 Å². The van der Waals surface area contributed by atoms with Gasteiger partial charge in [0, 0.05) is 17.9 Å². The first-order valence-corrected chi connectivity index (χ1v) is 12.5. The van der Waals surface area contributed by atoms with Crippen molar-refractivity contribution in [1.82, 2.24) is 0 Å². The standard InChI is InChI=1S/C20H37NO4Si/c1-17(2,3)19(7)15(23-8)21-20(16(22)25-19)12-11-14(20)13-24-26(9,10)18(4,5)6/h14H,11-13H2,1-10H3/t14-,19+,20+/m1/s1. The Labute approximate surface area is 160 Å². The Bertz CT molecular complexity index is 602. The highest BCUT2D eigenvalue weighted by Gasteiger charge is 2.62. The van der Waals surface area contributed by atoms with Gasteiger partial charge in [0.05, 0.1) is 7.11 Å². The van der Waals surface area contributed by atoms with E-state index in [-0.39, 0.29) is 22.3 Å². The first-order chi connectivity index (χ1) is 11.6. The van der Waals surface area contributed by atoms with E-state index < -0.39 is 19.5 Å². The van der Waals surface area contributed by atoms with Crippen molar-refractivity contribution in [3.05, 3.63) is 0 Å². The number of hydrogen-bond acceptors (Lipinski definition) is 5. The highest BCUT2D eigenvalue weighted by Crippen LogP contribution is 2.50. The van der Waals surface area contributed by atoms with Crippen LogP contribution in [-0.2, 0) is 18.7 Å². The Hall–Kier alpha value is -0.883. The number of nitrogens with zero attached hydrogens (tertiary/aromatic N) is 1. The van der Waals surface area contributed by atoms with Crippen molar-refractivity contribution in [3.63, 3.8) is 0 Å². The van der Waals surface area contributed by atoms with Gasteiger partial charge in [-0.2, -0.15) is 0 Å². The van der Waals surface area contributed by atoms with Crippen LogP contribution in [0.3, 0.4) is 0 Å². The minimum absolute atomic E-state index is 0.0544. The summed E-state index contributed by atoms with van der Waals surface area (Å²) in [7, 11) is -0.261. The maximum atomic E-state index is 13.0. The van der Waals surface area contributed by atoms with Gasteiger partial charge in [-0.3, -0.25) is 0 Å². The van der Waals surface area contributed by atoms with E-state index in [1.165, 1.54) is 0 Å². The number of aliphatic imine (C=N–C) groups is 1. The average molecular weight is 384 g/mol. The largest absolute Gasteiger partial charge is 0.481 e. The fraction of sp³-hybridized carbons (Fsp3) is 0.900. The molecule has 0 amide bonds. The van der Waals surface area contributed by atoms with Crippen molar-refractivity contribution in [2.24, 2.45) is 16.3 Å². The number of methoxy groups -OCH3 is 1. The molecule has 0 saturated heterocycles. The van der Waals surface area contributed by atoms with Crippen molar-refractivity contribution in [2.45, 2.75) is 90.6 Å². The van der Waals surface area contributed by atoms with Crippen LogP contribution >= 0.6 is 0 Å². The van der Waals surface area contributed by atoms with Crippen molar-refractivity contribution < 1.29 is 18.7 Å². The summed E-state index contributed by atoms with van der Waals surface area (Å²) in [5.74, 6) is 0.339. The molecule has 1 heterocycles. The summed E-state index contributed by atoms with van der Waals surface area (Å²) in [4.78, 5) is 17.9. The molecule has 3 atom stereocenters. The number of rotatable bonds is 3. The molecule has 5 nitrogen and oxygen atoms in total. The predicted octanol–water partition coefficient (Wildman–Crippen LogP) is 4.56. The van der Waals surface area contributed by atoms with Crippen LogP contribution in [0.4, 0.5) is 0 Å². The molecule has 1 spiro atoms. The molecule has 0 aromatic rings. The average Bonchev–Trinajstić information content (AvgIpc) is 2.44. The Morgan fingerprint density at radius 3 is 2.19 bits per heavy atom. The van der Waals surface area contributed by atoms with Gasteiger partial charge in [0.15, 0.2) is 19.5 Å². The summed E-state index contributed by atoms with van der Waals surface area (Å²) in [5, 5.41) is 0.142. The molecule has 150 valence electrons. The number of esters is 1. The van der Waals surface area contributed by atoms with Crippen molar-refractivity contribution in [3.8, 4) is 0 Å². The first kappa shape index (κ1) is 21.4. The lowest BCUT2D eigenvalue weighted by molar-refractivity contribution is -0.181. The first-order valence-electron chi connectivity index (χ1n) is 9.62. The Balaban J connectivity index is 2.27. The molecule has 0 radical (unpaired) electrons. The monoisotopic (exact) mass is 383 g/mol. The molecule has 1 aliphatic carbocycles. The molecular weight excluding hydrogens is 346 g/mol. The highest BCUT2D eigenvalue weighted by atomic mass is 28.4. The van der Waals surface area contributed by atoms with Gasteiger partial charge in [-0.1, -0.05) is 41.5 Å². The molecule has 2 aliphatic rings. The van der Waals surface area contributed by atoms with E-state index in [4.69, 9.17) is 18.9 Å². The Kier molecular flexibility index (Phi) is 5.22. The zero-order valence-corrected chi connectivity index (χ0v) is 19.3. The van der Waals surface area contributed by atoms with Crippen LogP contribution in [0.1, 0.15) is 61.3 Å². The van der Waals surface area contributed by atoms with E-state index in [2.05, 4.69) is 33.9 Å². The maximum absolute atomic E-state index is 13.0. The fourth-order valence-electron chi connectivity index (χ4n) is 3.15. The molecule has 6 heteroatoms. The third-order valence-electron chi connectivity index (χ3n) is 6.98. The molecule has 0 N–H and O–H groups in total. The van der Waals surface area contributed by atoms with E-state index in [1.54, 1.807) is 7.11 Å². The van der Waals surface area contributed by atoms with Gasteiger partial charge in [-0.25, -0.2) is 9.79 Å². The second-order valence-electron chi connectivity index (χ2n) is 10.5. The highest BCUT2D eigenvalue weighted by molar-refractivity contribution is 6.74. The molecule has 1 aliphatic heterocycles. The molecular formula is C20H37NO4Si.